The fourth-order valence-corrected chi connectivity index (χ4v) is 4.15. The van der Waals surface area contributed by atoms with Crippen molar-refractivity contribution in [2.24, 2.45) is 0 Å². The quantitative estimate of drug-likeness (QED) is 0.609. The topological polar surface area (TPSA) is 17.1 Å². The predicted molar refractivity (Wildman–Crippen MR) is 101 cm³/mol. The van der Waals surface area contributed by atoms with Crippen LogP contribution in [-0.2, 0) is 16.2 Å². The van der Waals surface area contributed by atoms with Gasteiger partial charge in [-0.15, -0.1) is 23.2 Å². The van der Waals surface area contributed by atoms with Crippen molar-refractivity contribution in [1.82, 2.24) is 0 Å². The SMILES string of the molecule is Cc1ccc(S(=O)[C@H](Cl)[C@H](Cl)c2ccc(C(C)(C)C)cc2)cc1. The molecule has 0 aromatic heterocycles. The van der Waals surface area contributed by atoms with Gasteiger partial charge in [0.15, 0.2) is 0 Å². The molecular formula is C19H22Cl2OS. The van der Waals surface area contributed by atoms with Crippen molar-refractivity contribution in [2.75, 3.05) is 0 Å². The molecule has 0 fully saturated rings. The van der Waals surface area contributed by atoms with E-state index in [0.717, 1.165) is 11.1 Å². The van der Waals surface area contributed by atoms with E-state index in [9.17, 15) is 4.21 Å². The van der Waals surface area contributed by atoms with Crippen LogP contribution in [0.15, 0.2) is 53.4 Å². The van der Waals surface area contributed by atoms with Gasteiger partial charge in [0.25, 0.3) is 0 Å². The van der Waals surface area contributed by atoms with Crippen molar-refractivity contribution in [3.05, 3.63) is 65.2 Å². The summed E-state index contributed by atoms with van der Waals surface area (Å²) in [5.41, 5.74) is 3.33. The molecule has 0 aliphatic heterocycles. The molecule has 0 heterocycles. The van der Waals surface area contributed by atoms with Crippen molar-refractivity contribution >= 4 is 34.0 Å². The third kappa shape index (κ3) is 4.59. The molecule has 1 unspecified atom stereocenters. The van der Waals surface area contributed by atoms with Gasteiger partial charge in [-0.25, -0.2) is 0 Å². The summed E-state index contributed by atoms with van der Waals surface area (Å²) < 4.78 is 11.9. The molecule has 2 aromatic carbocycles. The lowest BCUT2D eigenvalue weighted by atomic mass is 9.86. The summed E-state index contributed by atoms with van der Waals surface area (Å²) >= 11 is 12.9. The Bertz CT molecular complexity index is 672. The standard InChI is InChI=1S/C19H22Cl2OS/c1-13-5-11-16(12-6-13)23(22)18(21)17(20)14-7-9-15(10-8-14)19(2,3)4/h5-12,17-18H,1-4H3/t17-,18+,23?/m1/s1. The van der Waals surface area contributed by atoms with Crippen LogP contribution < -0.4 is 0 Å². The average Bonchev–Trinajstić information content (AvgIpc) is 2.53. The fourth-order valence-electron chi connectivity index (χ4n) is 2.23. The Morgan fingerprint density at radius 3 is 1.91 bits per heavy atom. The number of alkyl halides is 2. The Labute approximate surface area is 151 Å². The van der Waals surface area contributed by atoms with Gasteiger partial charge < -0.3 is 0 Å². The maximum absolute atomic E-state index is 12.6. The molecule has 2 rings (SSSR count). The van der Waals surface area contributed by atoms with Crippen LogP contribution in [0.4, 0.5) is 0 Å². The van der Waals surface area contributed by atoms with Crippen LogP contribution in [0.3, 0.4) is 0 Å². The Kier molecular flexibility index (Phi) is 5.94. The van der Waals surface area contributed by atoms with E-state index in [1.54, 1.807) is 0 Å². The second kappa shape index (κ2) is 7.38. The summed E-state index contributed by atoms with van der Waals surface area (Å²) in [6.45, 7) is 8.48. The average molecular weight is 369 g/mol. The summed E-state index contributed by atoms with van der Waals surface area (Å²) in [6, 6.07) is 15.6. The molecular weight excluding hydrogens is 347 g/mol. The molecule has 3 atom stereocenters. The van der Waals surface area contributed by atoms with E-state index in [1.807, 2.05) is 43.3 Å². The smallest absolute Gasteiger partial charge is 0.134 e. The Hall–Kier alpha value is -0.830. The number of halogens is 2. The number of aryl methyl sites for hydroxylation is 1. The second-order valence-electron chi connectivity index (χ2n) is 6.74. The van der Waals surface area contributed by atoms with E-state index in [2.05, 4.69) is 32.9 Å². The van der Waals surface area contributed by atoms with Crippen LogP contribution in [0.25, 0.3) is 0 Å². The van der Waals surface area contributed by atoms with E-state index in [4.69, 9.17) is 23.2 Å². The predicted octanol–water partition coefficient (Wildman–Crippen LogP) is 5.95. The van der Waals surface area contributed by atoms with Gasteiger partial charge in [-0.1, -0.05) is 62.7 Å². The lowest BCUT2D eigenvalue weighted by Crippen LogP contribution is -2.15. The van der Waals surface area contributed by atoms with Crippen molar-refractivity contribution in [1.29, 1.82) is 0 Å². The monoisotopic (exact) mass is 368 g/mol. The molecule has 0 radical (unpaired) electrons. The van der Waals surface area contributed by atoms with Crippen LogP contribution in [-0.4, -0.2) is 8.92 Å². The zero-order chi connectivity index (χ0) is 17.2. The zero-order valence-electron chi connectivity index (χ0n) is 13.8. The first kappa shape index (κ1) is 18.5. The number of benzene rings is 2. The minimum absolute atomic E-state index is 0.0887. The first-order valence-corrected chi connectivity index (χ1v) is 9.64. The molecule has 0 aliphatic carbocycles. The first-order valence-electron chi connectivity index (χ1n) is 7.56. The van der Waals surface area contributed by atoms with Gasteiger partial charge in [-0.3, -0.25) is 4.21 Å². The molecule has 0 saturated carbocycles. The largest absolute Gasteiger partial charge is 0.253 e. The summed E-state index contributed by atoms with van der Waals surface area (Å²) in [7, 11) is -1.36. The molecule has 124 valence electrons. The van der Waals surface area contributed by atoms with Gasteiger partial charge in [0.05, 0.1) is 16.2 Å². The molecule has 1 nitrogen and oxygen atoms in total. The van der Waals surface area contributed by atoms with Crippen LogP contribution in [0, 0.1) is 6.92 Å². The van der Waals surface area contributed by atoms with Gasteiger partial charge in [0, 0.05) is 4.90 Å². The highest BCUT2D eigenvalue weighted by atomic mass is 35.5. The first-order chi connectivity index (χ1) is 10.7. The molecule has 0 bridgehead atoms. The van der Waals surface area contributed by atoms with E-state index in [1.165, 1.54) is 5.56 Å². The van der Waals surface area contributed by atoms with Crippen molar-refractivity contribution < 1.29 is 4.21 Å². The van der Waals surface area contributed by atoms with Gasteiger partial charge in [-0.05, 0) is 35.6 Å². The molecule has 4 heteroatoms. The fraction of sp³-hybridized carbons (Fsp3) is 0.368. The highest BCUT2D eigenvalue weighted by Crippen LogP contribution is 2.34. The Balaban J connectivity index is 2.17. The summed E-state index contributed by atoms with van der Waals surface area (Å²) in [5, 5.41) is -0.507. The third-order valence-electron chi connectivity index (χ3n) is 3.78. The van der Waals surface area contributed by atoms with E-state index < -0.39 is 20.9 Å². The van der Waals surface area contributed by atoms with Crippen molar-refractivity contribution in [3.8, 4) is 0 Å². The maximum Gasteiger partial charge on any atom is 0.134 e. The molecule has 23 heavy (non-hydrogen) atoms. The van der Waals surface area contributed by atoms with Crippen molar-refractivity contribution in [3.63, 3.8) is 0 Å². The molecule has 0 saturated heterocycles. The summed E-state index contributed by atoms with van der Waals surface area (Å²) in [6.07, 6.45) is 0. The number of hydrogen-bond donors (Lipinski definition) is 0. The lowest BCUT2D eigenvalue weighted by Gasteiger charge is -2.21. The minimum atomic E-state index is -1.36. The molecule has 0 spiro atoms. The van der Waals surface area contributed by atoms with Gasteiger partial charge in [0.1, 0.15) is 4.71 Å². The van der Waals surface area contributed by atoms with Crippen molar-refractivity contribution in [2.45, 2.75) is 48.1 Å². The normalized spacial score (nSPS) is 15.9. The summed E-state index contributed by atoms with van der Waals surface area (Å²) in [4.78, 5) is 0.701. The lowest BCUT2D eigenvalue weighted by molar-refractivity contribution is 0.590. The van der Waals surface area contributed by atoms with Crippen LogP contribution in [0.1, 0.15) is 42.8 Å². The maximum atomic E-state index is 12.6. The Morgan fingerprint density at radius 2 is 1.43 bits per heavy atom. The van der Waals surface area contributed by atoms with Crippen LogP contribution >= 0.6 is 23.2 Å². The molecule has 0 N–H and O–H groups in total. The highest BCUT2D eigenvalue weighted by Gasteiger charge is 2.26. The zero-order valence-corrected chi connectivity index (χ0v) is 16.2. The van der Waals surface area contributed by atoms with E-state index >= 15 is 0 Å². The molecule has 2 aromatic rings. The third-order valence-corrected chi connectivity index (χ3v) is 6.72. The van der Waals surface area contributed by atoms with Gasteiger partial charge in [0.2, 0.25) is 0 Å². The number of rotatable bonds is 4. The van der Waals surface area contributed by atoms with Crippen LogP contribution in [0.2, 0.25) is 0 Å². The van der Waals surface area contributed by atoms with Gasteiger partial charge in [-0.2, -0.15) is 0 Å². The Morgan fingerprint density at radius 1 is 0.913 bits per heavy atom. The number of hydrogen-bond acceptors (Lipinski definition) is 1. The second-order valence-corrected chi connectivity index (χ2v) is 9.51. The molecule has 0 amide bonds. The van der Waals surface area contributed by atoms with E-state index in [-0.39, 0.29) is 5.41 Å². The highest BCUT2D eigenvalue weighted by molar-refractivity contribution is 7.87. The van der Waals surface area contributed by atoms with E-state index in [0.29, 0.717) is 4.90 Å². The van der Waals surface area contributed by atoms with Gasteiger partial charge >= 0.3 is 0 Å². The van der Waals surface area contributed by atoms with Crippen LogP contribution in [0.5, 0.6) is 0 Å². The minimum Gasteiger partial charge on any atom is -0.253 e. The summed E-state index contributed by atoms with van der Waals surface area (Å²) in [5.74, 6) is 0. The molecule has 0 aliphatic rings.